The maximum absolute atomic E-state index is 12.5. The Morgan fingerprint density at radius 2 is 2.10 bits per heavy atom. The summed E-state index contributed by atoms with van der Waals surface area (Å²) < 4.78 is 1.48. The third-order valence-corrected chi connectivity index (χ3v) is 4.40. The number of hydrogen-bond acceptors (Lipinski definition) is 5. The molecule has 21 heavy (non-hydrogen) atoms. The van der Waals surface area contributed by atoms with Crippen LogP contribution in [0.15, 0.2) is 35.6 Å². The number of fused-ring (bicyclic) bond motifs is 1. The average Bonchev–Trinajstić information content (AvgIpc) is 2.81. The second-order valence-corrected chi connectivity index (χ2v) is 5.57. The second-order valence-electron chi connectivity index (χ2n) is 4.57. The maximum atomic E-state index is 12.5. The molecule has 0 aliphatic rings. The summed E-state index contributed by atoms with van der Waals surface area (Å²) in [7, 11) is 0. The molecule has 1 N–H and O–H groups in total. The van der Waals surface area contributed by atoms with Crippen molar-refractivity contribution in [2.75, 3.05) is 0 Å². The monoisotopic (exact) mass is 301 g/mol. The third kappa shape index (κ3) is 2.31. The zero-order valence-corrected chi connectivity index (χ0v) is 11.9. The Morgan fingerprint density at radius 3 is 2.76 bits per heavy atom. The summed E-state index contributed by atoms with van der Waals surface area (Å²) in [6.07, 6.45) is 4.77. The summed E-state index contributed by atoms with van der Waals surface area (Å²) in [6.45, 7) is 2.02. The van der Waals surface area contributed by atoms with Gasteiger partial charge in [0.05, 0.1) is 18.3 Å². The predicted molar refractivity (Wildman–Crippen MR) is 78.9 cm³/mol. The maximum Gasteiger partial charge on any atom is 0.346 e. The number of nitrogens with zero attached hydrogens (tertiary/aromatic N) is 3. The van der Waals surface area contributed by atoms with E-state index in [-0.39, 0.29) is 10.4 Å². The number of aryl methyl sites for hydroxylation is 1. The van der Waals surface area contributed by atoms with Gasteiger partial charge in [0.2, 0.25) is 0 Å². The summed E-state index contributed by atoms with van der Waals surface area (Å²) in [6, 6.07) is 3.64. The number of aromatic carboxylic acids is 1. The van der Waals surface area contributed by atoms with Crippen LogP contribution >= 0.6 is 11.3 Å². The van der Waals surface area contributed by atoms with E-state index in [4.69, 9.17) is 5.11 Å². The van der Waals surface area contributed by atoms with Crippen molar-refractivity contribution >= 4 is 27.5 Å². The van der Waals surface area contributed by atoms with Crippen molar-refractivity contribution in [1.82, 2.24) is 14.5 Å². The zero-order chi connectivity index (χ0) is 15.0. The van der Waals surface area contributed by atoms with Gasteiger partial charge in [0.25, 0.3) is 5.56 Å². The number of pyridine rings is 1. The third-order valence-electron chi connectivity index (χ3n) is 3.21. The molecule has 0 bridgehead atoms. The smallest absolute Gasteiger partial charge is 0.346 e. The molecular weight excluding hydrogens is 290 g/mol. The Bertz CT molecular complexity index is 884. The lowest BCUT2D eigenvalue weighted by Gasteiger charge is -2.05. The van der Waals surface area contributed by atoms with Crippen LogP contribution in [0.1, 0.15) is 20.8 Å². The molecule has 0 fully saturated rings. The van der Waals surface area contributed by atoms with Gasteiger partial charge in [-0.1, -0.05) is 0 Å². The number of hydrogen-bond donors (Lipinski definition) is 1. The van der Waals surface area contributed by atoms with E-state index in [0.29, 0.717) is 22.3 Å². The van der Waals surface area contributed by atoms with E-state index in [0.717, 1.165) is 16.9 Å². The van der Waals surface area contributed by atoms with Gasteiger partial charge in [-0.15, -0.1) is 11.3 Å². The molecule has 0 spiro atoms. The summed E-state index contributed by atoms with van der Waals surface area (Å²) in [5, 5.41) is 9.51. The van der Waals surface area contributed by atoms with Crippen LogP contribution in [0.2, 0.25) is 0 Å². The molecule has 3 aromatic rings. The van der Waals surface area contributed by atoms with Gasteiger partial charge >= 0.3 is 5.97 Å². The van der Waals surface area contributed by atoms with E-state index in [1.165, 1.54) is 10.9 Å². The molecule has 3 rings (SSSR count). The minimum Gasteiger partial charge on any atom is -0.477 e. The molecule has 0 aliphatic carbocycles. The number of aromatic nitrogens is 3. The van der Waals surface area contributed by atoms with E-state index in [9.17, 15) is 9.59 Å². The van der Waals surface area contributed by atoms with Gasteiger partial charge in [-0.3, -0.25) is 14.3 Å². The number of carboxylic acids is 1. The van der Waals surface area contributed by atoms with Crippen LogP contribution in [0, 0.1) is 6.92 Å². The summed E-state index contributed by atoms with van der Waals surface area (Å²) in [4.78, 5) is 32.4. The van der Waals surface area contributed by atoms with Gasteiger partial charge in [-0.25, -0.2) is 9.78 Å². The van der Waals surface area contributed by atoms with Gasteiger partial charge in [0, 0.05) is 12.4 Å². The van der Waals surface area contributed by atoms with Crippen LogP contribution < -0.4 is 5.56 Å². The molecule has 6 nitrogen and oxygen atoms in total. The summed E-state index contributed by atoms with van der Waals surface area (Å²) in [5.74, 6) is -1.03. The quantitative estimate of drug-likeness (QED) is 0.798. The number of carboxylic acid groups (broad SMARTS) is 1. The van der Waals surface area contributed by atoms with Crippen LogP contribution in [0.3, 0.4) is 0 Å². The Hall–Kier alpha value is -2.54. The largest absolute Gasteiger partial charge is 0.477 e. The predicted octanol–water partition coefficient (Wildman–Crippen LogP) is 1.91. The standard InChI is InChI=1S/C14H11N3O3S/c1-8-10-12(21-11(8)14(19)20)16-7-17(13(10)18)6-9-2-4-15-5-3-9/h2-5,7H,6H2,1H3,(H,19,20). The van der Waals surface area contributed by atoms with E-state index in [2.05, 4.69) is 9.97 Å². The molecular formula is C14H11N3O3S. The minimum atomic E-state index is -1.03. The van der Waals surface area contributed by atoms with Crippen LogP contribution in [-0.4, -0.2) is 25.6 Å². The number of carbonyl (C=O) groups is 1. The molecule has 0 saturated carbocycles. The molecule has 0 unspecified atom stereocenters. The van der Waals surface area contributed by atoms with Gasteiger partial charge in [0.15, 0.2) is 0 Å². The van der Waals surface area contributed by atoms with E-state index < -0.39 is 5.97 Å². The van der Waals surface area contributed by atoms with Gasteiger partial charge in [-0.05, 0) is 30.2 Å². The van der Waals surface area contributed by atoms with Gasteiger partial charge in [0.1, 0.15) is 9.71 Å². The molecule has 3 heterocycles. The molecule has 0 saturated heterocycles. The minimum absolute atomic E-state index is 0.163. The lowest BCUT2D eigenvalue weighted by atomic mass is 10.2. The Labute approximate surface area is 123 Å². The molecule has 0 aliphatic heterocycles. The molecule has 7 heteroatoms. The SMILES string of the molecule is Cc1c(C(=O)O)sc2ncn(Cc3ccncc3)c(=O)c12. The van der Waals surface area contributed by atoms with Crippen molar-refractivity contribution < 1.29 is 9.90 Å². The van der Waals surface area contributed by atoms with Gasteiger partial charge in [-0.2, -0.15) is 0 Å². The van der Waals surface area contributed by atoms with E-state index in [1.807, 2.05) is 12.1 Å². The Kier molecular flexibility index (Phi) is 3.26. The van der Waals surface area contributed by atoms with E-state index >= 15 is 0 Å². The van der Waals surface area contributed by atoms with Crippen molar-refractivity contribution in [2.24, 2.45) is 0 Å². The Morgan fingerprint density at radius 1 is 1.38 bits per heavy atom. The molecule has 0 atom stereocenters. The average molecular weight is 301 g/mol. The lowest BCUT2D eigenvalue weighted by molar-refractivity contribution is 0.0701. The first kappa shape index (κ1) is 13.4. The van der Waals surface area contributed by atoms with Crippen molar-refractivity contribution in [3.05, 3.63) is 57.2 Å². The second kappa shape index (κ2) is 5.10. The molecule has 3 aromatic heterocycles. The molecule has 0 aromatic carbocycles. The van der Waals surface area contributed by atoms with Crippen molar-refractivity contribution in [2.45, 2.75) is 13.5 Å². The van der Waals surface area contributed by atoms with Crippen molar-refractivity contribution in [3.63, 3.8) is 0 Å². The van der Waals surface area contributed by atoms with Crippen LogP contribution in [-0.2, 0) is 6.54 Å². The van der Waals surface area contributed by atoms with Crippen LogP contribution in [0.25, 0.3) is 10.2 Å². The molecule has 0 amide bonds. The Balaban J connectivity index is 2.14. The fourth-order valence-corrected chi connectivity index (χ4v) is 3.14. The molecule has 106 valence electrons. The summed E-state index contributed by atoms with van der Waals surface area (Å²) >= 11 is 1.03. The highest BCUT2D eigenvalue weighted by atomic mass is 32.1. The highest BCUT2D eigenvalue weighted by molar-refractivity contribution is 7.20. The first-order chi connectivity index (χ1) is 10.1. The fraction of sp³-hybridized carbons (Fsp3) is 0.143. The highest BCUT2D eigenvalue weighted by Gasteiger charge is 2.18. The zero-order valence-electron chi connectivity index (χ0n) is 11.1. The number of thiophene rings is 1. The normalized spacial score (nSPS) is 10.9. The molecule has 0 radical (unpaired) electrons. The van der Waals surface area contributed by atoms with Crippen LogP contribution in [0.5, 0.6) is 0 Å². The highest BCUT2D eigenvalue weighted by Crippen LogP contribution is 2.26. The summed E-state index contributed by atoms with van der Waals surface area (Å²) in [5.41, 5.74) is 1.18. The van der Waals surface area contributed by atoms with Crippen molar-refractivity contribution in [1.29, 1.82) is 0 Å². The van der Waals surface area contributed by atoms with Crippen molar-refractivity contribution in [3.8, 4) is 0 Å². The topological polar surface area (TPSA) is 85.1 Å². The lowest BCUT2D eigenvalue weighted by Crippen LogP contribution is -2.21. The van der Waals surface area contributed by atoms with Gasteiger partial charge < -0.3 is 5.11 Å². The number of rotatable bonds is 3. The van der Waals surface area contributed by atoms with E-state index in [1.54, 1.807) is 19.3 Å². The van der Waals surface area contributed by atoms with Crippen LogP contribution in [0.4, 0.5) is 0 Å². The first-order valence-electron chi connectivity index (χ1n) is 6.18. The fourth-order valence-electron chi connectivity index (χ4n) is 2.16. The first-order valence-corrected chi connectivity index (χ1v) is 7.00.